The van der Waals surface area contributed by atoms with E-state index in [9.17, 15) is 13.2 Å². The van der Waals surface area contributed by atoms with Crippen molar-refractivity contribution in [3.63, 3.8) is 0 Å². The smallest absolute Gasteiger partial charge is 0.406 e. The fraction of sp³-hybridized carbons (Fsp3) is 0.238. The van der Waals surface area contributed by atoms with E-state index in [4.69, 9.17) is 0 Å². The number of anilines is 3. The van der Waals surface area contributed by atoms with E-state index in [1.165, 1.54) is 18.2 Å². The van der Waals surface area contributed by atoms with Gasteiger partial charge in [0.1, 0.15) is 11.6 Å². The molecule has 1 heterocycles. The van der Waals surface area contributed by atoms with Crippen LogP contribution in [0.5, 0.6) is 5.75 Å². The van der Waals surface area contributed by atoms with Crippen molar-refractivity contribution in [3.8, 4) is 17.0 Å². The zero-order chi connectivity index (χ0) is 21.0. The lowest BCUT2D eigenvalue weighted by molar-refractivity contribution is -0.274. The van der Waals surface area contributed by atoms with Gasteiger partial charge in [-0.2, -0.15) is 4.98 Å². The molecule has 152 valence electrons. The molecule has 0 saturated heterocycles. The minimum absolute atomic E-state index is 0.304. The number of para-hydroxylation sites is 1. The highest BCUT2D eigenvalue weighted by Crippen LogP contribution is 2.30. The van der Waals surface area contributed by atoms with Crippen LogP contribution >= 0.6 is 0 Å². The molecule has 0 amide bonds. The van der Waals surface area contributed by atoms with Crippen molar-refractivity contribution >= 4 is 17.5 Å². The molecular formula is C21H21F3N4O. The van der Waals surface area contributed by atoms with Crippen molar-refractivity contribution < 1.29 is 17.9 Å². The second kappa shape index (κ2) is 8.38. The molecule has 0 aliphatic rings. The molecule has 0 fully saturated rings. The number of rotatable bonds is 6. The number of aryl methyl sites for hydroxylation is 2. The number of nitrogens with one attached hydrogen (secondary N) is 2. The van der Waals surface area contributed by atoms with E-state index in [1.807, 2.05) is 25.1 Å². The van der Waals surface area contributed by atoms with Crippen molar-refractivity contribution in [3.05, 3.63) is 59.7 Å². The minimum Gasteiger partial charge on any atom is -0.406 e. The zero-order valence-corrected chi connectivity index (χ0v) is 16.3. The van der Waals surface area contributed by atoms with Gasteiger partial charge in [0.15, 0.2) is 0 Å². The predicted octanol–water partition coefficient (Wildman–Crippen LogP) is 5.70. The summed E-state index contributed by atoms with van der Waals surface area (Å²) in [6, 6.07) is 13.4. The molecule has 2 aromatic carbocycles. The Bertz CT molecular complexity index is 1010. The van der Waals surface area contributed by atoms with Crippen LogP contribution in [0.2, 0.25) is 0 Å². The average molecular weight is 402 g/mol. The molecule has 0 radical (unpaired) electrons. The number of benzene rings is 2. The first-order valence-electron chi connectivity index (χ1n) is 9.07. The molecule has 0 saturated carbocycles. The van der Waals surface area contributed by atoms with Crippen LogP contribution in [0.15, 0.2) is 48.5 Å². The van der Waals surface area contributed by atoms with E-state index in [0.717, 1.165) is 23.2 Å². The maximum absolute atomic E-state index is 12.5. The molecule has 3 aromatic rings. The van der Waals surface area contributed by atoms with Crippen molar-refractivity contribution in [2.75, 3.05) is 17.7 Å². The minimum atomic E-state index is -4.76. The van der Waals surface area contributed by atoms with Gasteiger partial charge < -0.3 is 15.4 Å². The molecule has 3 rings (SSSR count). The Morgan fingerprint density at radius 3 is 2.48 bits per heavy atom. The van der Waals surface area contributed by atoms with Gasteiger partial charge in [0.05, 0.1) is 5.69 Å². The Hall–Kier alpha value is -3.29. The lowest BCUT2D eigenvalue weighted by Crippen LogP contribution is -2.17. The first kappa shape index (κ1) is 20.4. The van der Waals surface area contributed by atoms with Crippen molar-refractivity contribution in [2.24, 2.45) is 0 Å². The molecule has 0 bridgehead atoms. The Balaban J connectivity index is 2.00. The summed E-state index contributed by atoms with van der Waals surface area (Å²) < 4.78 is 41.6. The van der Waals surface area contributed by atoms with Crippen LogP contribution in [0.1, 0.15) is 18.1 Å². The van der Waals surface area contributed by atoms with Crippen molar-refractivity contribution in [1.82, 2.24) is 9.97 Å². The number of hydrogen-bond donors (Lipinski definition) is 2. The molecular weight excluding hydrogens is 381 g/mol. The normalized spacial score (nSPS) is 11.2. The Morgan fingerprint density at radius 2 is 1.79 bits per heavy atom. The third-order valence-electron chi connectivity index (χ3n) is 4.31. The number of ether oxygens (including phenoxy) is 1. The van der Waals surface area contributed by atoms with Crippen LogP contribution in [0.3, 0.4) is 0 Å². The van der Waals surface area contributed by atoms with Gasteiger partial charge in [-0.3, -0.25) is 0 Å². The largest absolute Gasteiger partial charge is 0.573 e. The Kier molecular flexibility index (Phi) is 5.91. The SMILES string of the molecule is CCc1cccc(C)c1Nc1cc(-c2cccc(OC(F)(F)F)c2)nc(NC)n1. The number of nitrogens with zero attached hydrogens (tertiary/aromatic N) is 2. The average Bonchev–Trinajstić information content (AvgIpc) is 2.68. The highest BCUT2D eigenvalue weighted by atomic mass is 19.4. The second-order valence-electron chi connectivity index (χ2n) is 6.38. The Morgan fingerprint density at radius 1 is 1.03 bits per heavy atom. The van der Waals surface area contributed by atoms with E-state index in [1.54, 1.807) is 19.2 Å². The van der Waals surface area contributed by atoms with Gasteiger partial charge in [-0.25, -0.2) is 4.98 Å². The summed E-state index contributed by atoms with van der Waals surface area (Å²) in [5.41, 5.74) is 4.10. The van der Waals surface area contributed by atoms with E-state index in [0.29, 0.717) is 23.0 Å². The van der Waals surface area contributed by atoms with Crippen LogP contribution in [0.25, 0.3) is 11.3 Å². The van der Waals surface area contributed by atoms with Gasteiger partial charge in [-0.05, 0) is 36.6 Å². The van der Waals surface area contributed by atoms with Crippen LogP contribution < -0.4 is 15.4 Å². The molecule has 0 unspecified atom stereocenters. The van der Waals surface area contributed by atoms with Crippen LogP contribution in [-0.4, -0.2) is 23.4 Å². The van der Waals surface area contributed by atoms with Crippen molar-refractivity contribution in [2.45, 2.75) is 26.6 Å². The highest BCUT2D eigenvalue weighted by Gasteiger charge is 2.31. The summed E-state index contributed by atoms with van der Waals surface area (Å²) in [4.78, 5) is 8.79. The summed E-state index contributed by atoms with van der Waals surface area (Å²) in [6.45, 7) is 4.07. The van der Waals surface area contributed by atoms with Crippen LogP contribution in [-0.2, 0) is 6.42 Å². The van der Waals surface area contributed by atoms with E-state index < -0.39 is 6.36 Å². The summed E-state index contributed by atoms with van der Waals surface area (Å²) in [6.07, 6.45) is -3.91. The van der Waals surface area contributed by atoms with E-state index >= 15 is 0 Å². The summed E-state index contributed by atoms with van der Waals surface area (Å²) in [5, 5.41) is 6.21. The van der Waals surface area contributed by atoms with Crippen molar-refractivity contribution in [1.29, 1.82) is 0 Å². The topological polar surface area (TPSA) is 59.1 Å². The maximum atomic E-state index is 12.5. The van der Waals surface area contributed by atoms with Gasteiger partial charge in [0.2, 0.25) is 5.95 Å². The lowest BCUT2D eigenvalue weighted by atomic mass is 10.1. The first-order valence-corrected chi connectivity index (χ1v) is 9.07. The van der Waals surface area contributed by atoms with Gasteiger partial charge in [0, 0.05) is 24.4 Å². The fourth-order valence-electron chi connectivity index (χ4n) is 2.95. The second-order valence-corrected chi connectivity index (χ2v) is 6.38. The van der Waals surface area contributed by atoms with Crippen LogP contribution in [0.4, 0.5) is 30.6 Å². The molecule has 0 aliphatic heterocycles. The summed E-state index contributed by atoms with van der Waals surface area (Å²) in [7, 11) is 1.68. The quantitative estimate of drug-likeness (QED) is 0.554. The third-order valence-corrected chi connectivity index (χ3v) is 4.31. The monoisotopic (exact) mass is 402 g/mol. The predicted molar refractivity (Wildman–Crippen MR) is 108 cm³/mol. The maximum Gasteiger partial charge on any atom is 0.573 e. The number of aromatic nitrogens is 2. The zero-order valence-electron chi connectivity index (χ0n) is 16.3. The summed E-state index contributed by atoms with van der Waals surface area (Å²) in [5.74, 6) is 0.575. The Labute approximate surface area is 167 Å². The third kappa shape index (κ3) is 5.16. The molecule has 1 aromatic heterocycles. The molecule has 0 aliphatic carbocycles. The molecule has 0 spiro atoms. The molecule has 0 atom stereocenters. The number of halogens is 3. The molecule has 8 heteroatoms. The standard InChI is InChI=1S/C21H21F3N4O/c1-4-14-8-5-7-13(2)19(14)27-18-12-17(26-20(25-3)28-18)15-9-6-10-16(11-15)29-21(22,23)24/h5-12H,4H2,1-3H3,(H2,25,26,27,28). The number of hydrogen-bond acceptors (Lipinski definition) is 5. The van der Waals surface area contributed by atoms with Crippen LogP contribution in [0, 0.1) is 6.92 Å². The molecule has 5 nitrogen and oxygen atoms in total. The first-order chi connectivity index (χ1) is 13.8. The summed E-state index contributed by atoms with van der Waals surface area (Å²) >= 11 is 0. The van der Waals surface area contributed by atoms with E-state index in [-0.39, 0.29) is 5.75 Å². The van der Waals surface area contributed by atoms with Gasteiger partial charge >= 0.3 is 6.36 Å². The number of alkyl halides is 3. The fourth-order valence-corrected chi connectivity index (χ4v) is 2.95. The molecule has 2 N–H and O–H groups in total. The lowest BCUT2D eigenvalue weighted by Gasteiger charge is -2.15. The van der Waals surface area contributed by atoms with Gasteiger partial charge in [-0.1, -0.05) is 37.3 Å². The van der Waals surface area contributed by atoms with E-state index in [2.05, 4.69) is 32.3 Å². The molecule has 29 heavy (non-hydrogen) atoms. The highest BCUT2D eigenvalue weighted by molar-refractivity contribution is 5.70. The van der Waals surface area contributed by atoms with Gasteiger partial charge in [0.25, 0.3) is 0 Å². The van der Waals surface area contributed by atoms with Gasteiger partial charge in [-0.15, -0.1) is 13.2 Å².